The molecule has 0 aliphatic heterocycles. The number of benzene rings is 1. The summed E-state index contributed by atoms with van der Waals surface area (Å²) < 4.78 is 0. The van der Waals surface area contributed by atoms with Crippen LogP contribution in [0.4, 0.5) is 5.69 Å². The number of allylic oxidation sites excluding steroid dienone is 1. The molecule has 0 saturated heterocycles. The van der Waals surface area contributed by atoms with Gasteiger partial charge in [0.15, 0.2) is 0 Å². The molecule has 0 aliphatic rings. The lowest BCUT2D eigenvalue weighted by molar-refractivity contribution is 0.744. The molecule has 0 aromatic heterocycles. The minimum atomic E-state index is 0.954. The standard InChI is InChI=1S/C14H21N/c1-3-5-6-12-15-14-10-8-13(7-4-2)9-11-14/h4,8-11,15H,2-3,5-7,12H2,1H3. The maximum Gasteiger partial charge on any atom is 0.0340 e. The quantitative estimate of drug-likeness (QED) is 0.521. The first-order valence-electron chi connectivity index (χ1n) is 5.80. The molecule has 1 N–H and O–H groups in total. The van der Waals surface area contributed by atoms with Crippen LogP contribution in [-0.2, 0) is 6.42 Å². The van der Waals surface area contributed by atoms with Crippen molar-refractivity contribution in [3.05, 3.63) is 42.5 Å². The fourth-order valence-electron chi connectivity index (χ4n) is 1.53. The highest BCUT2D eigenvalue weighted by molar-refractivity contribution is 5.44. The summed E-state index contributed by atoms with van der Waals surface area (Å²) >= 11 is 0. The molecule has 0 unspecified atom stereocenters. The summed E-state index contributed by atoms with van der Waals surface area (Å²) in [4.78, 5) is 0. The molecule has 0 aliphatic carbocycles. The van der Waals surface area contributed by atoms with E-state index in [1.165, 1.54) is 30.5 Å². The van der Waals surface area contributed by atoms with Gasteiger partial charge in [0.05, 0.1) is 0 Å². The molecule has 1 aromatic rings. The van der Waals surface area contributed by atoms with Gasteiger partial charge in [-0.25, -0.2) is 0 Å². The van der Waals surface area contributed by atoms with E-state index in [1.807, 2.05) is 6.08 Å². The molecule has 0 atom stereocenters. The Labute approximate surface area is 93.2 Å². The van der Waals surface area contributed by atoms with E-state index in [2.05, 4.69) is 43.1 Å². The van der Waals surface area contributed by atoms with E-state index < -0.39 is 0 Å². The van der Waals surface area contributed by atoms with Crippen LogP contribution >= 0.6 is 0 Å². The minimum Gasteiger partial charge on any atom is -0.385 e. The van der Waals surface area contributed by atoms with E-state index in [0.717, 1.165) is 13.0 Å². The van der Waals surface area contributed by atoms with E-state index in [1.54, 1.807) is 0 Å². The molecule has 15 heavy (non-hydrogen) atoms. The lowest BCUT2D eigenvalue weighted by Gasteiger charge is -2.06. The van der Waals surface area contributed by atoms with E-state index in [9.17, 15) is 0 Å². The molecule has 0 radical (unpaired) electrons. The summed E-state index contributed by atoms with van der Waals surface area (Å²) in [6.45, 7) is 7.04. The van der Waals surface area contributed by atoms with Gasteiger partial charge in [-0.15, -0.1) is 6.58 Å². The molecule has 0 spiro atoms. The Morgan fingerprint density at radius 2 is 1.93 bits per heavy atom. The summed E-state index contributed by atoms with van der Waals surface area (Å²) in [5, 5.41) is 3.42. The Morgan fingerprint density at radius 3 is 2.53 bits per heavy atom. The zero-order valence-corrected chi connectivity index (χ0v) is 9.63. The van der Waals surface area contributed by atoms with Crippen LogP contribution in [0.25, 0.3) is 0 Å². The Bertz CT molecular complexity index is 274. The van der Waals surface area contributed by atoms with E-state index in [0.29, 0.717) is 0 Å². The van der Waals surface area contributed by atoms with Gasteiger partial charge >= 0.3 is 0 Å². The zero-order valence-electron chi connectivity index (χ0n) is 9.63. The average molecular weight is 203 g/mol. The predicted octanol–water partition coefficient (Wildman–Crippen LogP) is 4.02. The third kappa shape index (κ3) is 4.68. The van der Waals surface area contributed by atoms with Crippen LogP contribution in [0.3, 0.4) is 0 Å². The van der Waals surface area contributed by atoms with Crippen molar-refractivity contribution in [2.75, 3.05) is 11.9 Å². The van der Waals surface area contributed by atoms with Gasteiger partial charge in [0.1, 0.15) is 0 Å². The molecule has 0 bridgehead atoms. The van der Waals surface area contributed by atoms with Crippen molar-refractivity contribution >= 4 is 5.69 Å². The van der Waals surface area contributed by atoms with Gasteiger partial charge in [-0.3, -0.25) is 0 Å². The first-order valence-corrected chi connectivity index (χ1v) is 5.80. The molecule has 1 nitrogen and oxygen atoms in total. The summed E-state index contributed by atoms with van der Waals surface area (Å²) in [6.07, 6.45) is 6.73. The zero-order chi connectivity index (χ0) is 10.9. The van der Waals surface area contributed by atoms with Crippen LogP contribution in [0.15, 0.2) is 36.9 Å². The number of anilines is 1. The highest BCUT2D eigenvalue weighted by atomic mass is 14.9. The second kappa shape index (κ2) is 7.10. The van der Waals surface area contributed by atoms with Crippen LogP contribution in [0.5, 0.6) is 0 Å². The van der Waals surface area contributed by atoms with Gasteiger partial charge in [0.25, 0.3) is 0 Å². The first-order chi connectivity index (χ1) is 7.36. The number of nitrogens with one attached hydrogen (secondary N) is 1. The van der Waals surface area contributed by atoms with Crippen LogP contribution in [-0.4, -0.2) is 6.54 Å². The Kier molecular flexibility index (Phi) is 5.60. The van der Waals surface area contributed by atoms with Crippen molar-refractivity contribution in [2.45, 2.75) is 32.6 Å². The van der Waals surface area contributed by atoms with Gasteiger partial charge in [0.2, 0.25) is 0 Å². The summed E-state index contributed by atoms with van der Waals surface area (Å²) in [5.74, 6) is 0. The summed E-state index contributed by atoms with van der Waals surface area (Å²) in [7, 11) is 0. The molecular formula is C14H21N. The molecule has 0 heterocycles. The second-order valence-corrected chi connectivity index (χ2v) is 3.82. The van der Waals surface area contributed by atoms with Crippen LogP contribution < -0.4 is 5.32 Å². The molecule has 1 aromatic carbocycles. The van der Waals surface area contributed by atoms with Crippen LogP contribution in [0.2, 0.25) is 0 Å². The van der Waals surface area contributed by atoms with Crippen molar-refractivity contribution < 1.29 is 0 Å². The van der Waals surface area contributed by atoms with E-state index >= 15 is 0 Å². The van der Waals surface area contributed by atoms with Crippen molar-refractivity contribution in [1.82, 2.24) is 0 Å². The van der Waals surface area contributed by atoms with Crippen LogP contribution in [0, 0.1) is 0 Å². The SMILES string of the molecule is C=CCc1ccc(NCCCCC)cc1. The van der Waals surface area contributed by atoms with E-state index in [-0.39, 0.29) is 0 Å². The average Bonchev–Trinajstić information content (AvgIpc) is 2.27. The van der Waals surface area contributed by atoms with Crippen molar-refractivity contribution in [3.8, 4) is 0 Å². The fourth-order valence-corrected chi connectivity index (χ4v) is 1.53. The molecular weight excluding hydrogens is 182 g/mol. The van der Waals surface area contributed by atoms with Gasteiger partial charge in [0, 0.05) is 12.2 Å². The van der Waals surface area contributed by atoms with Gasteiger partial charge in [-0.05, 0) is 30.5 Å². The molecule has 0 amide bonds. The maximum absolute atomic E-state index is 3.73. The maximum atomic E-state index is 3.73. The summed E-state index contributed by atoms with van der Waals surface area (Å²) in [5.41, 5.74) is 2.54. The third-order valence-electron chi connectivity index (χ3n) is 2.44. The van der Waals surface area contributed by atoms with Crippen molar-refractivity contribution in [2.24, 2.45) is 0 Å². The van der Waals surface area contributed by atoms with Crippen molar-refractivity contribution in [1.29, 1.82) is 0 Å². The number of unbranched alkanes of at least 4 members (excludes halogenated alkanes) is 2. The highest BCUT2D eigenvalue weighted by Crippen LogP contribution is 2.10. The Hall–Kier alpha value is -1.24. The fraction of sp³-hybridized carbons (Fsp3) is 0.429. The number of hydrogen-bond donors (Lipinski definition) is 1. The predicted molar refractivity (Wildman–Crippen MR) is 68.4 cm³/mol. The van der Waals surface area contributed by atoms with Gasteiger partial charge in [-0.1, -0.05) is 38.0 Å². The molecule has 0 fully saturated rings. The lowest BCUT2D eigenvalue weighted by Crippen LogP contribution is -2.00. The van der Waals surface area contributed by atoms with E-state index in [4.69, 9.17) is 0 Å². The third-order valence-corrected chi connectivity index (χ3v) is 2.44. The topological polar surface area (TPSA) is 12.0 Å². The second-order valence-electron chi connectivity index (χ2n) is 3.82. The molecule has 1 rings (SSSR count). The van der Waals surface area contributed by atoms with Crippen molar-refractivity contribution in [3.63, 3.8) is 0 Å². The number of rotatable bonds is 7. The molecule has 82 valence electrons. The van der Waals surface area contributed by atoms with Crippen LogP contribution in [0.1, 0.15) is 31.7 Å². The first kappa shape index (κ1) is 11.8. The number of hydrogen-bond acceptors (Lipinski definition) is 1. The molecule has 1 heteroatoms. The largest absolute Gasteiger partial charge is 0.385 e. The lowest BCUT2D eigenvalue weighted by atomic mass is 10.1. The normalized spacial score (nSPS) is 9.93. The monoisotopic (exact) mass is 203 g/mol. The highest BCUT2D eigenvalue weighted by Gasteiger charge is 1.92. The van der Waals surface area contributed by atoms with Gasteiger partial charge < -0.3 is 5.32 Å². The Morgan fingerprint density at radius 1 is 1.20 bits per heavy atom. The Balaban J connectivity index is 2.32. The minimum absolute atomic E-state index is 0.954. The summed E-state index contributed by atoms with van der Waals surface area (Å²) in [6, 6.07) is 8.60. The van der Waals surface area contributed by atoms with Gasteiger partial charge in [-0.2, -0.15) is 0 Å². The smallest absolute Gasteiger partial charge is 0.0340 e. The molecule has 0 saturated carbocycles.